The summed E-state index contributed by atoms with van der Waals surface area (Å²) < 4.78 is 6.85. The summed E-state index contributed by atoms with van der Waals surface area (Å²) in [5.74, 6) is 1.73. The molecule has 9 aromatic rings. The second-order valence-electron chi connectivity index (χ2n) is 17.7. The topological polar surface area (TPSA) is 15.7 Å². The highest BCUT2D eigenvalue weighted by molar-refractivity contribution is 6.11. The minimum atomic E-state index is -0.141. The molecule has 9 aromatic carbocycles. The Labute approximate surface area is 357 Å². The van der Waals surface area contributed by atoms with Gasteiger partial charge in [0.05, 0.1) is 5.69 Å². The molecule has 292 valence electrons. The molecule has 12 rings (SSSR count). The third-order valence-electron chi connectivity index (χ3n) is 13.6. The van der Waals surface area contributed by atoms with Gasteiger partial charge in [0.2, 0.25) is 0 Å². The summed E-state index contributed by atoms with van der Waals surface area (Å²) in [5.41, 5.74) is 19.3. The molecule has 0 N–H and O–H groups in total. The van der Waals surface area contributed by atoms with Gasteiger partial charge >= 0.3 is 0 Å². The zero-order valence-electron chi connectivity index (χ0n) is 34.8. The first-order chi connectivity index (χ1) is 29.8. The Morgan fingerprint density at radius 2 is 0.803 bits per heavy atom. The predicted octanol–water partition coefficient (Wildman–Crippen LogP) is 16.2. The van der Waals surface area contributed by atoms with E-state index in [9.17, 15) is 0 Å². The van der Waals surface area contributed by atoms with Gasteiger partial charge in [0.15, 0.2) is 0 Å². The Morgan fingerprint density at radius 1 is 0.328 bits per heavy atom. The van der Waals surface area contributed by atoms with E-state index >= 15 is 0 Å². The largest absolute Gasteiger partial charge is 0.456 e. The lowest BCUT2D eigenvalue weighted by Gasteiger charge is -2.32. The first-order valence-electron chi connectivity index (χ1n) is 21.3. The van der Waals surface area contributed by atoms with E-state index < -0.39 is 0 Å². The highest BCUT2D eigenvalue weighted by Gasteiger charge is 2.38. The summed E-state index contributed by atoms with van der Waals surface area (Å²) in [6.07, 6.45) is 0. The molecule has 3 aliphatic rings. The van der Waals surface area contributed by atoms with Crippen LogP contribution in [0.1, 0.15) is 49.9 Å². The van der Waals surface area contributed by atoms with Gasteiger partial charge in [-0.25, -0.2) is 0 Å². The van der Waals surface area contributed by atoms with E-state index in [0.717, 1.165) is 67.5 Å². The van der Waals surface area contributed by atoms with Crippen LogP contribution in [0.4, 0.5) is 34.1 Å². The molecule has 0 radical (unpaired) electrons. The summed E-state index contributed by atoms with van der Waals surface area (Å²) in [6.45, 7) is 9.46. The first-order valence-corrected chi connectivity index (χ1v) is 21.3. The summed E-state index contributed by atoms with van der Waals surface area (Å²) in [4.78, 5) is 4.80. The van der Waals surface area contributed by atoms with Gasteiger partial charge < -0.3 is 14.5 Å². The first kappa shape index (κ1) is 35.6. The molecule has 1 heterocycles. The van der Waals surface area contributed by atoms with Gasteiger partial charge in [-0.3, -0.25) is 0 Å². The molecule has 0 amide bonds. The third kappa shape index (κ3) is 5.23. The average molecular weight is 785 g/mol. The number of fused-ring (bicyclic) bond motifs is 8. The van der Waals surface area contributed by atoms with Crippen LogP contribution in [-0.2, 0) is 10.8 Å². The van der Waals surface area contributed by atoms with Crippen LogP contribution in [0.5, 0.6) is 11.5 Å². The number of para-hydroxylation sites is 2. The SMILES string of the molecule is CC1(C)c2ccccc2-c2ccc(N(c3ccc4c(c3)C(C)(C)c3ccccc3-4)c3ccc4c5c(cccc35)-c3cc(N(c5ccccc5)c5ccccc5)ccc3O4)cc21. The van der Waals surface area contributed by atoms with Gasteiger partial charge in [0.25, 0.3) is 0 Å². The van der Waals surface area contributed by atoms with Crippen molar-refractivity contribution in [3.63, 3.8) is 0 Å². The van der Waals surface area contributed by atoms with Crippen molar-refractivity contribution in [3.8, 4) is 44.9 Å². The Bertz CT molecular complexity index is 3090. The average Bonchev–Trinajstić information content (AvgIpc) is 3.67. The summed E-state index contributed by atoms with van der Waals surface area (Å²) >= 11 is 0. The zero-order chi connectivity index (χ0) is 41.0. The van der Waals surface area contributed by atoms with Gasteiger partial charge in [0, 0.05) is 55.6 Å². The maximum Gasteiger partial charge on any atom is 0.136 e. The maximum absolute atomic E-state index is 6.85. The van der Waals surface area contributed by atoms with Crippen molar-refractivity contribution in [1.29, 1.82) is 0 Å². The van der Waals surface area contributed by atoms with Crippen LogP contribution in [0.25, 0.3) is 44.2 Å². The molecule has 1 aliphatic heterocycles. The fraction of sp³-hybridized carbons (Fsp3) is 0.103. The van der Waals surface area contributed by atoms with E-state index in [4.69, 9.17) is 4.74 Å². The van der Waals surface area contributed by atoms with Crippen LogP contribution in [0, 0.1) is 0 Å². The highest BCUT2D eigenvalue weighted by atomic mass is 16.5. The van der Waals surface area contributed by atoms with E-state index in [1.165, 1.54) is 44.5 Å². The van der Waals surface area contributed by atoms with E-state index in [1.54, 1.807) is 0 Å². The lowest BCUT2D eigenvalue weighted by Crippen LogP contribution is -2.18. The van der Waals surface area contributed by atoms with Crippen molar-refractivity contribution in [3.05, 3.63) is 216 Å². The standard InChI is InChI=1S/C58H44N2O/c1-57(2)49-24-13-11-20-42(49)44-29-26-40(35-51(44)57)60(41-27-30-45-43-21-12-14-25-50(43)58(3,4)52(45)36-41)53-31-33-55-56-46(22-15-23-47(53)56)48-34-39(28-32-54(48)61-55)59(37-16-7-5-8-17-37)38-18-9-6-10-19-38/h5-36H,1-4H3. The maximum atomic E-state index is 6.85. The number of anilines is 6. The highest BCUT2D eigenvalue weighted by Crippen LogP contribution is 2.56. The van der Waals surface area contributed by atoms with Crippen LogP contribution in [0.15, 0.2) is 194 Å². The van der Waals surface area contributed by atoms with E-state index in [-0.39, 0.29) is 10.8 Å². The summed E-state index contributed by atoms with van der Waals surface area (Å²) in [5, 5.41) is 2.25. The van der Waals surface area contributed by atoms with Gasteiger partial charge in [-0.15, -0.1) is 0 Å². The normalized spacial score (nSPS) is 14.3. The van der Waals surface area contributed by atoms with E-state index in [2.05, 4.69) is 232 Å². The number of benzene rings is 9. The van der Waals surface area contributed by atoms with Gasteiger partial charge in [-0.2, -0.15) is 0 Å². The van der Waals surface area contributed by atoms with Crippen molar-refractivity contribution in [2.75, 3.05) is 9.80 Å². The van der Waals surface area contributed by atoms with Crippen molar-refractivity contribution in [2.45, 2.75) is 38.5 Å². The van der Waals surface area contributed by atoms with Crippen molar-refractivity contribution in [1.82, 2.24) is 0 Å². The number of rotatable bonds is 6. The zero-order valence-corrected chi connectivity index (χ0v) is 34.8. The Morgan fingerprint density at radius 3 is 1.39 bits per heavy atom. The number of hydrogen-bond acceptors (Lipinski definition) is 3. The van der Waals surface area contributed by atoms with Crippen molar-refractivity contribution in [2.24, 2.45) is 0 Å². The molecule has 3 heteroatoms. The lowest BCUT2D eigenvalue weighted by atomic mass is 9.82. The second kappa shape index (κ2) is 13.1. The molecule has 2 aliphatic carbocycles. The molecule has 0 aromatic heterocycles. The third-order valence-corrected chi connectivity index (χ3v) is 13.6. The summed E-state index contributed by atoms with van der Waals surface area (Å²) in [7, 11) is 0. The fourth-order valence-corrected chi connectivity index (χ4v) is 10.6. The van der Waals surface area contributed by atoms with Crippen LogP contribution in [0.3, 0.4) is 0 Å². The lowest BCUT2D eigenvalue weighted by molar-refractivity contribution is 0.487. The Kier molecular flexibility index (Phi) is 7.62. The molecule has 0 spiro atoms. The van der Waals surface area contributed by atoms with Gasteiger partial charge in [-0.1, -0.05) is 143 Å². The molecule has 0 fully saturated rings. The minimum absolute atomic E-state index is 0.141. The minimum Gasteiger partial charge on any atom is -0.456 e. The molecule has 61 heavy (non-hydrogen) atoms. The molecule has 0 bridgehead atoms. The van der Waals surface area contributed by atoms with E-state index in [0.29, 0.717) is 0 Å². The van der Waals surface area contributed by atoms with Crippen molar-refractivity contribution < 1.29 is 4.74 Å². The number of nitrogens with zero attached hydrogens (tertiary/aromatic N) is 2. The fourth-order valence-electron chi connectivity index (χ4n) is 10.6. The molecule has 0 saturated heterocycles. The number of hydrogen-bond donors (Lipinski definition) is 0. The van der Waals surface area contributed by atoms with Gasteiger partial charge in [0.1, 0.15) is 11.5 Å². The predicted molar refractivity (Wildman–Crippen MR) is 254 cm³/mol. The monoisotopic (exact) mass is 784 g/mol. The van der Waals surface area contributed by atoms with E-state index in [1.807, 2.05) is 0 Å². The number of ether oxygens (including phenoxy) is 1. The molecule has 0 unspecified atom stereocenters. The quantitative estimate of drug-likeness (QED) is 0.167. The van der Waals surface area contributed by atoms with Gasteiger partial charge in [-0.05, 0) is 129 Å². The molecular weight excluding hydrogens is 741 g/mol. The van der Waals surface area contributed by atoms with Crippen LogP contribution in [0.2, 0.25) is 0 Å². The van der Waals surface area contributed by atoms with Crippen LogP contribution < -0.4 is 14.5 Å². The molecule has 0 atom stereocenters. The van der Waals surface area contributed by atoms with Crippen LogP contribution in [-0.4, -0.2) is 0 Å². The Hall–Kier alpha value is -7.36. The Balaban J connectivity index is 1.06. The second-order valence-corrected chi connectivity index (χ2v) is 17.7. The molecule has 3 nitrogen and oxygen atoms in total. The summed E-state index contributed by atoms with van der Waals surface area (Å²) in [6, 6.07) is 70.9. The smallest absolute Gasteiger partial charge is 0.136 e. The van der Waals surface area contributed by atoms with Crippen molar-refractivity contribution >= 4 is 44.9 Å². The van der Waals surface area contributed by atoms with Crippen LogP contribution >= 0.6 is 0 Å². The molecular formula is C58H44N2O. The molecule has 0 saturated carbocycles.